The first-order chi connectivity index (χ1) is 20.8. The van der Waals surface area contributed by atoms with E-state index in [0.29, 0.717) is 38.2 Å². The lowest BCUT2D eigenvalue weighted by Gasteiger charge is -2.24. The third kappa shape index (κ3) is 8.53. The zero-order valence-electron chi connectivity index (χ0n) is 25.6. The van der Waals surface area contributed by atoms with E-state index in [-0.39, 0.29) is 34.2 Å². The minimum atomic E-state index is -4.82. The van der Waals surface area contributed by atoms with Crippen LogP contribution >= 0.6 is 0 Å². The van der Waals surface area contributed by atoms with E-state index >= 15 is 0 Å². The zero-order valence-corrected chi connectivity index (χ0v) is 24.4. The second-order valence-corrected chi connectivity index (χ2v) is 12.0. The van der Waals surface area contributed by atoms with Gasteiger partial charge in [0.1, 0.15) is 17.4 Å². The molecule has 0 aliphatic carbocycles. The van der Waals surface area contributed by atoms with Crippen LogP contribution in [0.2, 0.25) is 0 Å². The van der Waals surface area contributed by atoms with E-state index in [1.165, 1.54) is 31.2 Å². The van der Waals surface area contributed by atoms with Crippen LogP contribution in [-0.4, -0.2) is 37.3 Å². The van der Waals surface area contributed by atoms with E-state index in [1.54, 1.807) is 18.2 Å². The molecule has 42 heavy (non-hydrogen) atoms. The van der Waals surface area contributed by atoms with Crippen molar-refractivity contribution >= 4 is 27.4 Å². The van der Waals surface area contributed by atoms with E-state index in [4.69, 9.17) is 2.74 Å². The number of ketones is 1. The number of hydrogen-bond donors (Lipinski definition) is 1. The highest BCUT2D eigenvalue weighted by Crippen LogP contribution is 2.38. The maximum absolute atomic E-state index is 14.2. The Hall–Kier alpha value is -3.47. The van der Waals surface area contributed by atoms with Crippen molar-refractivity contribution in [2.45, 2.75) is 82.3 Å². The number of carbonyl (C=O) groups excluding carboxylic acids is 1. The summed E-state index contributed by atoms with van der Waals surface area (Å²) in [5.74, 6) is 0.119. The van der Waals surface area contributed by atoms with Gasteiger partial charge in [-0.05, 0) is 62.4 Å². The quantitative estimate of drug-likeness (QED) is 0.333. The molecule has 2 aromatic heterocycles. The number of rotatable bonds is 4. The van der Waals surface area contributed by atoms with Gasteiger partial charge in [0.05, 0.1) is 11.3 Å². The lowest BCUT2D eigenvalue weighted by molar-refractivity contribution is -0.137. The van der Waals surface area contributed by atoms with Crippen LogP contribution in [0.4, 0.5) is 24.8 Å². The fraction of sp³-hybridized carbons (Fsp3) is 0.452. The zero-order chi connectivity index (χ0) is 32.0. The summed E-state index contributed by atoms with van der Waals surface area (Å²) in [6.45, 7) is 2.62. The molecule has 3 heterocycles. The molecule has 0 radical (unpaired) electrons. The van der Waals surface area contributed by atoms with Gasteiger partial charge in [0.25, 0.3) is 10.0 Å². The highest BCUT2D eigenvalue weighted by atomic mass is 32.2. The fourth-order valence-corrected chi connectivity index (χ4v) is 5.90. The number of halogens is 3. The molecule has 0 saturated heterocycles. The number of nitrogens with one attached hydrogen (secondary N) is 1. The molecule has 0 atom stereocenters. The van der Waals surface area contributed by atoms with Gasteiger partial charge in [-0.1, -0.05) is 62.4 Å². The maximum atomic E-state index is 14.2. The van der Waals surface area contributed by atoms with Gasteiger partial charge in [-0.2, -0.15) is 21.6 Å². The van der Waals surface area contributed by atoms with Crippen molar-refractivity contribution in [2.75, 3.05) is 22.7 Å². The van der Waals surface area contributed by atoms with Gasteiger partial charge in [0, 0.05) is 27.8 Å². The minimum Gasteiger partial charge on any atom is -0.357 e. The Bertz CT molecular complexity index is 1570. The minimum absolute atomic E-state index is 0.0541. The lowest BCUT2D eigenvalue weighted by Crippen LogP contribution is -2.28. The summed E-state index contributed by atoms with van der Waals surface area (Å²) in [4.78, 5) is 21.9. The van der Waals surface area contributed by atoms with Gasteiger partial charge in [-0.3, -0.25) is 4.72 Å². The molecule has 1 aromatic carbocycles. The summed E-state index contributed by atoms with van der Waals surface area (Å²) in [5.41, 5.74) is -1.66. The van der Waals surface area contributed by atoms with Crippen LogP contribution in [0.5, 0.6) is 0 Å². The normalized spacial score (nSPS) is 18.5. The predicted octanol–water partition coefficient (Wildman–Crippen LogP) is 7.43. The van der Waals surface area contributed by atoms with Crippen LogP contribution in [0.25, 0.3) is 11.3 Å². The Morgan fingerprint density at radius 3 is 2.40 bits per heavy atom. The second kappa shape index (κ2) is 14.1. The molecule has 1 aliphatic rings. The summed E-state index contributed by atoms with van der Waals surface area (Å²) < 4.78 is 89.2. The van der Waals surface area contributed by atoms with Crippen molar-refractivity contribution in [1.29, 1.82) is 0 Å². The van der Waals surface area contributed by atoms with Gasteiger partial charge in [0.15, 0.2) is 5.03 Å². The first-order valence-corrected chi connectivity index (χ1v) is 15.7. The van der Waals surface area contributed by atoms with Crippen LogP contribution in [0.15, 0.2) is 59.6 Å². The van der Waals surface area contributed by atoms with Gasteiger partial charge in [0.2, 0.25) is 0 Å². The Kier molecular flexibility index (Phi) is 9.64. The number of Topliss-reactive ketones (excluding diaryl/α,β-unsaturated/α-hetero) is 1. The molecule has 4 bridgehead atoms. The van der Waals surface area contributed by atoms with E-state index in [2.05, 4.69) is 14.7 Å². The van der Waals surface area contributed by atoms with Crippen molar-refractivity contribution in [3.05, 3.63) is 65.7 Å². The first-order valence-electron chi connectivity index (χ1n) is 15.2. The number of sulfonamides is 1. The third-order valence-corrected chi connectivity index (χ3v) is 8.31. The molecular formula is C31H37F3N4O3S. The third-order valence-electron chi connectivity index (χ3n) is 7.06. The molecule has 4 rings (SSSR count). The molecule has 0 spiro atoms. The monoisotopic (exact) mass is 604 g/mol. The van der Waals surface area contributed by atoms with Gasteiger partial charge in [-0.25, -0.2) is 9.97 Å². The SMILES string of the molecule is [2H]C1([2H])CCCCCCCCN(CCCC(C)=O)c2cccc(n2)S(=O)(=O)Nc2ccc(C(F)(F)F)c(n2)-c2ccccc21. The van der Waals surface area contributed by atoms with E-state index in [0.717, 1.165) is 44.2 Å². The standard InChI is InChI=1S/C31H37F3N4O3S/c1-23(39)13-12-22-38-21-10-6-4-2-3-5-7-14-24-15-8-9-16-25(24)30-26(31(32,33)34)19-20-27(35-30)37-42(40,41)29-18-11-17-28(38)36-29/h8-9,11,15-20H,2-7,10,12-14,21-22H2,1H3,(H,35,37)/i14D2. The van der Waals surface area contributed by atoms with Crippen LogP contribution in [-0.2, 0) is 27.4 Å². The lowest BCUT2D eigenvalue weighted by atomic mass is 9.96. The number of alkyl halides is 3. The summed E-state index contributed by atoms with van der Waals surface area (Å²) in [6, 6.07) is 12.1. The summed E-state index contributed by atoms with van der Waals surface area (Å²) in [5, 5.41) is -0.332. The number of aryl methyl sites for hydroxylation is 1. The van der Waals surface area contributed by atoms with Gasteiger partial charge in [-0.15, -0.1) is 0 Å². The van der Waals surface area contributed by atoms with E-state index in [9.17, 15) is 26.4 Å². The van der Waals surface area contributed by atoms with Gasteiger partial charge < -0.3 is 9.69 Å². The number of fused-ring (bicyclic) bond motifs is 6. The average Bonchev–Trinajstić information content (AvgIpc) is 2.96. The Balaban J connectivity index is 1.79. The van der Waals surface area contributed by atoms with Crippen molar-refractivity contribution < 1.29 is 29.1 Å². The van der Waals surface area contributed by atoms with Crippen molar-refractivity contribution in [2.24, 2.45) is 0 Å². The van der Waals surface area contributed by atoms with Crippen molar-refractivity contribution in [3.63, 3.8) is 0 Å². The molecule has 3 aromatic rings. The average molecular weight is 605 g/mol. The van der Waals surface area contributed by atoms with E-state index < -0.39 is 33.8 Å². The molecular weight excluding hydrogens is 565 g/mol. The highest BCUT2D eigenvalue weighted by Gasteiger charge is 2.35. The predicted molar refractivity (Wildman–Crippen MR) is 158 cm³/mol. The number of pyridine rings is 2. The molecule has 1 N–H and O–H groups in total. The second-order valence-electron chi connectivity index (χ2n) is 10.4. The topological polar surface area (TPSA) is 92.3 Å². The summed E-state index contributed by atoms with van der Waals surface area (Å²) in [6.07, 6.45) is -0.852. The molecule has 7 nitrogen and oxygen atoms in total. The summed E-state index contributed by atoms with van der Waals surface area (Å²) in [7, 11) is -4.37. The van der Waals surface area contributed by atoms with Crippen LogP contribution in [0.3, 0.4) is 0 Å². The molecule has 1 aliphatic heterocycles. The van der Waals surface area contributed by atoms with Gasteiger partial charge >= 0.3 is 6.18 Å². The molecule has 0 saturated carbocycles. The van der Waals surface area contributed by atoms with Crippen LogP contribution in [0, 0.1) is 0 Å². The number of anilines is 2. The van der Waals surface area contributed by atoms with Crippen LogP contribution < -0.4 is 9.62 Å². The molecule has 0 unspecified atom stereocenters. The maximum Gasteiger partial charge on any atom is 0.418 e. The smallest absolute Gasteiger partial charge is 0.357 e. The first kappa shape index (κ1) is 28.6. The van der Waals surface area contributed by atoms with E-state index in [1.807, 2.05) is 4.90 Å². The molecule has 226 valence electrons. The molecule has 0 fully saturated rings. The van der Waals surface area contributed by atoms with Crippen LogP contribution in [0.1, 0.15) is 78.6 Å². The number of nitrogens with zero attached hydrogens (tertiary/aromatic N) is 3. The molecule has 0 amide bonds. The highest BCUT2D eigenvalue weighted by molar-refractivity contribution is 7.92. The Morgan fingerprint density at radius 1 is 0.952 bits per heavy atom. The van der Waals surface area contributed by atoms with Crippen molar-refractivity contribution in [3.8, 4) is 11.3 Å². The summed E-state index contributed by atoms with van der Waals surface area (Å²) >= 11 is 0. The number of aromatic nitrogens is 2. The fourth-order valence-electron chi connectivity index (χ4n) is 4.93. The number of carbonyl (C=O) groups is 1. The Morgan fingerprint density at radius 2 is 1.67 bits per heavy atom. The molecule has 11 heteroatoms. The number of benzene rings is 1. The largest absolute Gasteiger partial charge is 0.418 e. The Labute approximate surface area is 248 Å². The number of hydrogen-bond acceptors (Lipinski definition) is 6. The van der Waals surface area contributed by atoms with Crippen molar-refractivity contribution in [1.82, 2.24) is 9.97 Å².